The lowest BCUT2D eigenvalue weighted by Crippen LogP contribution is -2.48. The molecule has 7 heteroatoms. The topological polar surface area (TPSA) is 55.4 Å². The van der Waals surface area contributed by atoms with Crippen molar-refractivity contribution in [2.75, 3.05) is 59.5 Å². The van der Waals surface area contributed by atoms with Crippen LogP contribution in [0.5, 0.6) is 0 Å². The summed E-state index contributed by atoms with van der Waals surface area (Å²) in [6, 6.07) is 0.815. The van der Waals surface area contributed by atoms with Crippen molar-refractivity contribution >= 4 is 8.80 Å². The Hall–Kier alpha value is -0.0231. The van der Waals surface area contributed by atoms with Gasteiger partial charge < -0.3 is 27.5 Å². The third-order valence-corrected chi connectivity index (χ3v) is 6.42. The molecule has 0 rings (SSSR count). The zero-order valence-electron chi connectivity index (χ0n) is 17.0. The summed E-state index contributed by atoms with van der Waals surface area (Å²) in [6.07, 6.45) is 2.16. The zero-order valence-corrected chi connectivity index (χ0v) is 18.0. The average Bonchev–Trinajstić information content (AvgIpc) is 2.59. The summed E-state index contributed by atoms with van der Waals surface area (Å²) in [6.45, 7) is 15.6. The molecule has 0 saturated heterocycles. The lowest BCUT2D eigenvalue weighted by Gasteiger charge is -2.30. The minimum absolute atomic E-state index is 0.491. The van der Waals surface area contributed by atoms with Crippen LogP contribution >= 0.6 is 0 Å². The summed E-state index contributed by atoms with van der Waals surface area (Å²) in [5, 5.41) is 0. The second-order valence-electron chi connectivity index (χ2n) is 6.11. The van der Waals surface area contributed by atoms with Crippen LogP contribution in [0.2, 0.25) is 6.04 Å². The molecule has 0 fully saturated rings. The summed E-state index contributed by atoms with van der Waals surface area (Å²) in [4.78, 5) is 0. The number of hydrogen-bond acceptors (Lipinski definition) is 6. The van der Waals surface area contributed by atoms with E-state index in [4.69, 9.17) is 27.5 Å². The lowest BCUT2D eigenvalue weighted by atomic mass is 10.1. The van der Waals surface area contributed by atoms with Crippen molar-refractivity contribution in [3.63, 3.8) is 0 Å². The fourth-order valence-electron chi connectivity index (χ4n) is 2.27. The van der Waals surface area contributed by atoms with Crippen LogP contribution in [-0.4, -0.2) is 68.3 Å². The van der Waals surface area contributed by atoms with Crippen molar-refractivity contribution in [3.8, 4) is 0 Å². The highest BCUT2D eigenvalue weighted by atomic mass is 28.4. The number of ether oxygens (including phenoxy) is 3. The quantitative estimate of drug-likeness (QED) is 0.252. The molecule has 0 spiro atoms. The Morgan fingerprint density at radius 3 is 1.36 bits per heavy atom. The molecule has 0 atom stereocenters. The number of hydrogen-bond donors (Lipinski definition) is 0. The van der Waals surface area contributed by atoms with Gasteiger partial charge in [-0.3, -0.25) is 0 Å². The molecule has 0 aromatic heterocycles. The summed E-state index contributed by atoms with van der Waals surface area (Å²) in [7, 11) is -2.75. The van der Waals surface area contributed by atoms with Gasteiger partial charge in [0.1, 0.15) is 0 Å². The van der Waals surface area contributed by atoms with Gasteiger partial charge in [0, 0.05) is 25.9 Å². The molecule has 0 radical (unpaired) electrons. The molecule has 152 valence electrons. The zero-order chi connectivity index (χ0) is 18.8. The maximum Gasteiger partial charge on any atom is 0.501 e. The Kier molecular flexibility index (Phi) is 17.4. The summed E-state index contributed by atoms with van der Waals surface area (Å²) in [5.41, 5.74) is 0. The molecule has 25 heavy (non-hydrogen) atoms. The smallest absolute Gasteiger partial charge is 0.379 e. The Morgan fingerprint density at radius 1 is 0.640 bits per heavy atom. The normalized spacial score (nSPS) is 12.2. The Balaban J connectivity index is 4.67. The highest BCUT2D eigenvalue weighted by Crippen LogP contribution is 2.21. The fraction of sp³-hybridized carbons (Fsp3) is 1.00. The van der Waals surface area contributed by atoms with Gasteiger partial charge in [0.2, 0.25) is 0 Å². The second kappa shape index (κ2) is 17.4. The minimum Gasteiger partial charge on any atom is -0.379 e. The molecule has 0 bridgehead atoms. The van der Waals surface area contributed by atoms with Gasteiger partial charge >= 0.3 is 8.80 Å². The molecule has 0 amide bonds. The Morgan fingerprint density at radius 2 is 1.04 bits per heavy atom. The molecule has 0 saturated carbocycles. The van der Waals surface area contributed by atoms with Gasteiger partial charge in [-0.25, -0.2) is 0 Å². The van der Waals surface area contributed by atoms with E-state index in [0.717, 1.165) is 18.9 Å². The molecule has 0 aliphatic heterocycles. The second-order valence-corrected chi connectivity index (χ2v) is 8.84. The number of rotatable bonds is 19. The maximum absolute atomic E-state index is 6.13. The molecule has 0 aromatic carbocycles. The first-order valence-corrected chi connectivity index (χ1v) is 11.7. The SMILES string of the molecule is CCOCCO[Si](CCCC(C)C)(OCCOCC)OCCOCC. The van der Waals surface area contributed by atoms with E-state index < -0.39 is 8.80 Å². The summed E-state index contributed by atoms with van der Waals surface area (Å²) >= 11 is 0. The van der Waals surface area contributed by atoms with Gasteiger partial charge in [-0.15, -0.1) is 0 Å². The fourth-order valence-corrected chi connectivity index (χ4v) is 4.77. The standard InChI is InChI=1S/C18H40O6Si/c1-6-19-11-14-22-25(17-9-10-18(4)5,23-15-12-20-7-2)24-16-13-21-8-3/h18H,6-17H2,1-5H3. The van der Waals surface area contributed by atoms with E-state index in [-0.39, 0.29) is 0 Å². The summed E-state index contributed by atoms with van der Waals surface area (Å²) < 4.78 is 34.6. The Labute approximate surface area is 155 Å². The molecule has 0 aromatic rings. The largest absolute Gasteiger partial charge is 0.501 e. The predicted molar refractivity (Wildman–Crippen MR) is 102 cm³/mol. The van der Waals surface area contributed by atoms with Gasteiger partial charge in [-0.05, 0) is 33.1 Å². The van der Waals surface area contributed by atoms with Gasteiger partial charge in [0.05, 0.1) is 39.6 Å². The molecule has 0 unspecified atom stereocenters. The van der Waals surface area contributed by atoms with E-state index in [2.05, 4.69) is 13.8 Å². The van der Waals surface area contributed by atoms with Crippen LogP contribution in [0, 0.1) is 5.92 Å². The van der Waals surface area contributed by atoms with Crippen molar-refractivity contribution in [1.29, 1.82) is 0 Å². The van der Waals surface area contributed by atoms with Crippen molar-refractivity contribution in [2.45, 2.75) is 53.5 Å². The molecular formula is C18H40O6Si. The molecule has 0 heterocycles. The van der Waals surface area contributed by atoms with Crippen LogP contribution < -0.4 is 0 Å². The molecule has 0 aliphatic rings. The van der Waals surface area contributed by atoms with Gasteiger partial charge in [0.25, 0.3) is 0 Å². The highest BCUT2D eigenvalue weighted by molar-refractivity contribution is 6.60. The van der Waals surface area contributed by atoms with Crippen molar-refractivity contribution in [1.82, 2.24) is 0 Å². The summed E-state index contributed by atoms with van der Waals surface area (Å²) in [5.74, 6) is 0.655. The first-order valence-electron chi connectivity index (χ1n) is 9.75. The van der Waals surface area contributed by atoms with Crippen molar-refractivity contribution in [3.05, 3.63) is 0 Å². The lowest BCUT2D eigenvalue weighted by molar-refractivity contribution is 0.00310. The minimum atomic E-state index is -2.75. The van der Waals surface area contributed by atoms with E-state index in [0.29, 0.717) is 65.4 Å². The first kappa shape index (κ1) is 25.0. The predicted octanol–water partition coefficient (Wildman–Crippen LogP) is 3.52. The maximum atomic E-state index is 6.13. The van der Waals surface area contributed by atoms with Gasteiger partial charge in [0.15, 0.2) is 0 Å². The van der Waals surface area contributed by atoms with E-state index in [1.54, 1.807) is 0 Å². The van der Waals surface area contributed by atoms with Crippen molar-refractivity contribution < 1.29 is 27.5 Å². The van der Waals surface area contributed by atoms with Crippen LogP contribution in [-0.2, 0) is 27.5 Å². The van der Waals surface area contributed by atoms with Crippen molar-refractivity contribution in [2.24, 2.45) is 5.92 Å². The molecular weight excluding hydrogens is 340 g/mol. The third-order valence-electron chi connectivity index (χ3n) is 3.53. The molecule has 6 nitrogen and oxygen atoms in total. The first-order chi connectivity index (χ1) is 12.1. The average molecular weight is 381 g/mol. The van der Waals surface area contributed by atoms with E-state index >= 15 is 0 Å². The van der Waals surface area contributed by atoms with E-state index in [9.17, 15) is 0 Å². The van der Waals surface area contributed by atoms with Crippen LogP contribution in [0.25, 0.3) is 0 Å². The Bertz CT molecular complexity index is 247. The third kappa shape index (κ3) is 14.8. The van der Waals surface area contributed by atoms with Crippen LogP contribution in [0.15, 0.2) is 0 Å². The van der Waals surface area contributed by atoms with E-state index in [1.807, 2.05) is 20.8 Å². The highest BCUT2D eigenvalue weighted by Gasteiger charge is 2.40. The molecule has 0 N–H and O–H groups in total. The monoisotopic (exact) mass is 380 g/mol. The molecule has 0 aliphatic carbocycles. The van der Waals surface area contributed by atoms with E-state index in [1.165, 1.54) is 0 Å². The van der Waals surface area contributed by atoms with Crippen LogP contribution in [0.3, 0.4) is 0 Å². The van der Waals surface area contributed by atoms with Crippen LogP contribution in [0.1, 0.15) is 47.5 Å². The van der Waals surface area contributed by atoms with Crippen LogP contribution in [0.4, 0.5) is 0 Å². The van der Waals surface area contributed by atoms with Gasteiger partial charge in [-0.2, -0.15) is 0 Å². The van der Waals surface area contributed by atoms with Gasteiger partial charge in [-0.1, -0.05) is 20.3 Å².